The third-order valence-corrected chi connectivity index (χ3v) is 5.63. The van der Waals surface area contributed by atoms with Crippen molar-refractivity contribution in [3.05, 3.63) is 16.0 Å². The summed E-state index contributed by atoms with van der Waals surface area (Å²) in [5, 5.41) is 6.63. The van der Waals surface area contributed by atoms with E-state index in [-0.39, 0.29) is 23.8 Å². The summed E-state index contributed by atoms with van der Waals surface area (Å²) in [5.41, 5.74) is 1.80. The number of hydrogen-bond acceptors (Lipinski definition) is 4. The first-order valence-electron chi connectivity index (χ1n) is 8.41. The first kappa shape index (κ1) is 16.5. The zero-order chi connectivity index (χ0) is 16.4. The summed E-state index contributed by atoms with van der Waals surface area (Å²) in [6.07, 6.45) is 5.20. The number of aryl methyl sites for hydroxylation is 1. The van der Waals surface area contributed by atoms with Crippen molar-refractivity contribution < 1.29 is 14.3 Å². The average Bonchev–Trinajstić information content (AvgIpc) is 3.21. The standard InChI is InChI=1S/C17H24N2O3S/c1-10(2)15(20)19-17-14(12-6-3-7-13(12)23-17)16(21)18-9-11-5-4-8-22-11/h10-11H,3-9H2,1-2H3,(H,18,21)(H,19,20)/t11-/m0/s1. The first-order valence-corrected chi connectivity index (χ1v) is 9.23. The Morgan fingerprint density at radius 1 is 1.30 bits per heavy atom. The number of amides is 2. The van der Waals surface area contributed by atoms with Gasteiger partial charge >= 0.3 is 0 Å². The van der Waals surface area contributed by atoms with Gasteiger partial charge in [0, 0.05) is 23.9 Å². The predicted octanol–water partition coefficient (Wildman–Crippen LogP) is 2.74. The molecule has 2 heterocycles. The molecule has 1 aliphatic heterocycles. The zero-order valence-electron chi connectivity index (χ0n) is 13.7. The van der Waals surface area contributed by atoms with Crippen LogP contribution in [0.4, 0.5) is 5.00 Å². The van der Waals surface area contributed by atoms with Crippen molar-refractivity contribution in [1.82, 2.24) is 5.32 Å². The summed E-state index contributed by atoms with van der Waals surface area (Å²) in [5.74, 6) is -0.230. The Labute approximate surface area is 140 Å². The summed E-state index contributed by atoms with van der Waals surface area (Å²) in [7, 11) is 0. The second-order valence-corrected chi connectivity index (χ2v) is 7.66. The molecule has 0 bridgehead atoms. The van der Waals surface area contributed by atoms with Gasteiger partial charge in [-0.15, -0.1) is 11.3 Å². The minimum absolute atomic E-state index is 0.0434. The molecule has 1 saturated heterocycles. The van der Waals surface area contributed by atoms with Crippen LogP contribution in [0.2, 0.25) is 0 Å². The Hall–Kier alpha value is -1.40. The molecule has 126 valence electrons. The summed E-state index contributed by atoms with van der Waals surface area (Å²) in [4.78, 5) is 25.9. The molecular weight excluding hydrogens is 312 g/mol. The van der Waals surface area contributed by atoms with E-state index in [4.69, 9.17) is 4.74 Å². The van der Waals surface area contributed by atoms with Crippen LogP contribution in [0.5, 0.6) is 0 Å². The maximum absolute atomic E-state index is 12.7. The zero-order valence-corrected chi connectivity index (χ0v) is 14.6. The van der Waals surface area contributed by atoms with Crippen LogP contribution in [-0.4, -0.2) is 31.1 Å². The SMILES string of the molecule is CC(C)C(=O)Nc1sc2c(c1C(=O)NC[C@@H]1CCCO1)CCC2. The fourth-order valence-electron chi connectivity index (χ4n) is 3.09. The number of carbonyl (C=O) groups is 2. The molecule has 0 radical (unpaired) electrons. The Bertz CT molecular complexity index is 603. The van der Waals surface area contributed by atoms with E-state index in [0.717, 1.165) is 44.3 Å². The van der Waals surface area contributed by atoms with E-state index < -0.39 is 0 Å². The highest BCUT2D eigenvalue weighted by Crippen LogP contribution is 2.39. The van der Waals surface area contributed by atoms with E-state index in [0.29, 0.717) is 17.1 Å². The van der Waals surface area contributed by atoms with E-state index in [9.17, 15) is 9.59 Å². The van der Waals surface area contributed by atoms with Crippen LogP contribution >= 0.6 is 11.3 Å². The molecule has 1 atom stereocenters. The molecule has 1 fully saturated rings. The molecule has 1 aliphatic carbocycles. The van der Waals surface area contributed by atoms with E-state index in [1.807, 2.05) is 13.8 Å². The van der Waals surface area contributed by atoms with Crippen molar-refractivity contribution in [3.8, 4) is 0 Å². The van der Waals surface area contributed by atoms with Gasteiger partial charge in [0.25, 0.3) is 5.91 Å². The van der Waals surface area contributed by atoms with Gasteiger partial charge < -0.3 is 15.4 Å². The first-order chi connectivity index (χ1) is 11.1. The Morgan fingerprint density at radius 3 is 2.83 bits per heavy atom. The normalized spacial score (nSPS) is 19.9. The third-order valence-electron chi connectivity index (χ3n) is 4.42. The van der Waals surface area contributed by atoms with Gasteiger partial charge in [-0.2, -0.15) is 0 Å². The molecule has 5 nitrogen and oxygen atoms in total. The van der Waals surface area contributed by atoms with Gasteiger partial charge in [-0.05, 0) is 37.7 Å². The molecule has 1 aromatic rings. The smallest absolute Gasteiger partial charge is 0.254 e. The van der Waals surface area contributed by atoms with Crippen LogP contribution in [0, 0.1) is 5.92 Å². The topological polar surface area (TPSA) is 67.4 Å². The number of thiophene rings is 1. The minimum atomic E-state index is -0.102. The number of anilines is 1. The number of ether oxygens (including phenoxy) is 1. The number of hydrogen-bond donors (Lipinski definition) is 2. The van der Waals surface area contributed by atoms with Crippen LogP contribution < -0.4 is 10.6 Å². The largest absolute Gasteiger partial charge is 0.376 e. The number of carbonyl (C=O) groups excluding carboxylic acids is 2. The van der Waals surface area contributed by atoms with Crippen molar-refractivity contribution in [2.75, 3.05) is 18.5 Å². The fraction of sp³-hybridized carbons (Fsp3) is 0.647. The lowest BCUT2D eigenvalue weighted by Crippen LogP contribution is -2.32. The van der Waals surface area contributed by atoms with Crippen LogP contribution in [0.15, 0.2) is 0 Å². The average molecular weight is 336 g/mol. The van der Waals surface area contributed by atoms with Crippen LogP contribution in [0.25, 0.3) is 0 Å². The van der Waals surface area contributed by atoms with Gasteiger partial charge in [-0.1, -0.05) is 13.8 Å². The molecule has 0 unspecified atom stereocenters. The summed E-state index contributed by atoms with van der Waals surface area (Å²) >= 11 is 1.56. The van der Waals surface area contributed by atoms with Gasteiger partial charge in [-0.25, -0.2) is 0 Å². The van der Waals surface area contributed by atoms with E-state index in [2.05, 4.69) is 10.6 Å². The maximum atomic E-state index is 12.7. The highest BCUT2D eigenvalue weighted by atomic mass is 32.1. The van der Waals surface area contributed by atoms with E-state index >= 15 is 0 Å². The highest BCUT2D eigenvalue weighted by molar-refractivity contribution is 7.17. The summed E-state index contributed by atoms with van der Waals surface area (Å²) < 4.78 is 5.56. The Balaban J connectivity index is 1.75. The molecule has 0 spiro atoms. The van der Waals surface area contributed by atoms with Gasteiger partial charge in [0.2, 0.25) is 5.91 Å². The van der Waals surface area contributed by atoms with Crippen LogP contribution in [0.1, 0.15) is 53.9 Å². The quantitative estimate of drug-likeness (QED) is 0.869. The van der Waals surface area contributed by atoms with Gasteiger partial charge in [0.15, 0.2) is 0 Å². The molecule has 0 aromatic carbocycles. The third kappa shape index (κ3) is 3.58. The van der Waals surface area contributed by atoms with Crippen molar-refractivity contribution >= 4 is 28.2 Å². The van der Waals surface area contributed by atoms with Gasteiger partial charge in [-0.3, -0.25) is 9.59 Å². The lowest BCUT2D eigenvalue weighted by molar-refractivity contribution is -0.118. The van der Waals surface area contributed by atoms with Crippen molar-refractivity contribution in [2.45, 2.75) is 52.1 Å². The van der Waals surface area contributed by atoms with Gasteiger partial charge in [0.1, 0.15) is 5.00 Å². The lowest BCUT2D eigenvalue weighted by atomic mass is 10.1. The molecule has 2 N–H and O–H groups in total. The molecule has 2 amide bonds. The number of nitrogens with one attached hydrogen (secondary N) is 2. The Kier molecular flexibility index (Phi) is 5.02. The Morgan fingerprint density at radius 2 is 2.13 bits per heavy atom. The molecular formula is C17H24N2O3S. The summed E-state index contributed by atoms with van der Waals surface area (Å²) in [6, 6.07) is 0. The van der Waals surface area contributed by atoms with Crippen molar-refractivity contribution in [3.63, 3.8) is 0 Å². The fourth-order valence-corrected chi connectivity index (χ4v) is 4.38. The van der Waals surface area contributed by atoms with Crippen molar-refractivity contribution in [2.24, 2.45) is 5.92 Å². The number of fused-ring (bicyclic) bond motifs is 1. The minimum Gasteiger partial charge on any atom is -0.376 e. The van der Waals surface area contributed by atoms with E-state index in [1.165, 1.54) is 4.88 Å². The van der Waals surface area contributed by atoms with Gasteiger partial charge in [0.05, 0.1) is 11.7 Å². The lowest BCUT2D eigenvalue weighted by Gasteiger charge is -2.13. The van der Waals surface area contributed by atoms with Crippen LogP contribution in [-0.2, 0) is 22.4 Å². The number of rotatable bonds is 5. The summed E-state index contributed by atoms with van der Waals surface area (Å²) in [6.45, 7) is 5.03. The molecule has 23 heavy (non-hydrogen) atoms. The molecule has 2 aliphatic rings. The second-order valence-electron chi connectivity index (χ2n) is 6.55. The predicted molar refractivity (Wildman–Crippen MR) is 91.1 cm³/mol. The second kappa shape index (κ2) is 7.01. The maximum Gasteiger partial charge on any atom is 0.254 e. The van der Waals surface area contributed by atoms with Crippen molar-refractivity contribution in [1.29, 1.82) is 0 Å². The molecule has 6 heteroatoms. The molecule has 0 saturated carbocycles. The molecule has 3 rings (SSSR count). The van der Waals surface area contributed by atoms with Crippen LogP contribution in [0.3, 0.4) is 0 Å². The molecule has 1 aromatic heterocycles. The highest BCUT2D eigenvalue weighted by Gasteiger charge is 2.28. The monoisotopic (exact) mass is 336 g/mol. The van der Waals surface area contributed by atoms with E-state index in [1.54, 1.807) is 11.3 Å².